The second-order valence-corrected chi connectivity index (χ2v) is 2.14. The molecule has 8 heavy (non-hydrogen) atoms. The Hall–Kier alpha value is 0.210. The molecule has 0 radical (unpaired) electrons. The van der Waals surface area contributed by atoms with Crippen LogP contribution in [0.2, 0.25) is 0 Å². The highest BCUT2D eigenvalue weighted by molar-refractivity contribution is 6.70. The van der Waals surface area contributed by atoms with Gasteiger partial charge in [-0.2, -0.15) is 4.39 Å². The third kappa shape index (κ3) is 2.50. The first-order chi connectivity index (χ1) is 3.55. The molecular weight excluding hydrogens is 177 g/mol. The fourth-order valence-electron chi connectivity index (χ4n) is 0.0743. The number of carbonyl (C=O) groups is 1. The summed E-state index contributed by atoms with van der Waals surface area (Å²) in [5.74, 6) is -1.32. The Labute approximate surface area is 60.0 Å². The number of hydrogen-bond donors (Lipinski definition) is 0. The summed E-state index contributed by atoms with van der Waals surface area (Å²) in [6.45, 7) is 0. The summed E-state index contributed by atoms with van der Waals surface area (Å²) >= 11 is 14.2. The molecule has 0 aliphatic carbocycles. The van der Waals surface area contributed by atoms with Crippen molar-refractivity contribution in [1.82, 2.24) is 0 Å². The van der Waals surface area contributed by atoms with E-state index < -0.39 is 15.6 Å². The van der Waals surface area contributed by atoms with Gasteiger partial charge in [-0.3, -0.25) is 4.79 Å². The van der Waals surface area contributed by atoms with E-state index in [1.54, 1.807) is 0 Å². The molecule has 0 fully saturated rings. The molecule has 0 bridgehead atoms. The lowest BCUT2D eigenvalue weighted by molar-refractivity contribution is -0.109. The fourth-order valence-corrected chi connectivity index (χ4v) is 0.437. The third-order valence-electron chi connectivity index (χ3n) is 0.338. The zero-order valence-corrected chi connectivity index (χ0v) is 5.69. The fraction of sp³-hybridized carbons (Fsp3) is 0. The Kier molecular flexibility index (Phi) is 3.36. The largest absolute Gasteiger partial charge is 0.283 e. The molecule has 0 heterocycles. The number of halogens is 4. The van der Waals surface area contributed by atoms with Gasteiger partial charge in [0.1, 0.15) is 4.49 Å². The van der Waals surface area contributed by atoms with E-state index in [-0.39, 0.29) is 0 Å². The highest BCUT2D eigenvalue weighted by Crippen LogP contribution is 2.16. The molecule has 46 valence electrons. The van der Waals surface area contributed by atoms with Crippen LogP contribution in [0.15, 0.2) is 10.3 Å². The number of rotatable bonds is 1. The van der Waals surface area contributed by atoms with Crippen molar-refractivity contribution in [2.75, 3.05) is 0 Å². The third-order valence-corrected chi connectivity index (χ3v) is 0.836. The van der Waals surface area contributed by atoms with Crippen molar-refractivity contribution in [1.29, 1.82) is 0 Å². The van der Waals surface area contributed by atoms with Gasteiger partial charge in [-0.1, -0.05) is 23.2 Å². The van der Waals surface area contributed by atoms with E-state index in [2.05, 4.69) is 11.6 Å². The molecule has 1 nitrogen and oxygen atoms in total. The van der Waals surface area contributed by atoms with Gasteiger partial charge in [-0.25, -0.2) is 0 Å². The molecule has 0 unspecified atom stereocenters. The minimum atomic E-state index is -1.32. The molecular formula is C3Cl3FO. The Morgan fingerprint density at radius 3 is 1.62 bits per heavy atom. The average molecular weight is 177 g/mol. The Bertz CT molecular complexity index is 137. The van der Waals surface area contributed by atoms with E-state index in [0.717, 1.165) is 0 Å². The van der Waals surface area contributed by atoms with Gasteiger partial charge in [0, 0.05) is 0 Å². The lowest BCUT2D eigenvalue weighted by Gasteiger charge is -1.82. The molecule has 0 aromatic carbocycles. The van der Waals surface area contributed by atoms with Gasteiger partial charge in [0.05, 0.1) is 0 Å². The van der Waals surface area contributed by atoms with Crippen LogP contribution in [-0.2, 0) is 4.79 Å². The summed E-state index contributed by atoms with van der Waals surface area (Å²) in [6.07, 6.45) is 0. The molecule has 0 aromatic rings. The van der Waals surface area contributed by atoms with Gasteiger partial charge in [0.15, 0.2) is 0 Å². The average Bonchev–Trinajstić information content (AvgIpc) is 1.64. The first-order valence-corrected chi connectivity index (χ1v) is 2.59. The van der Waals surface area contributed by atoms with Gasteiger partial charge in [-0.05, 0) is 11.6 Å². The summed E-state index contributed by atoms with van der Waals surface area (Å²) in [5, 5.41) is -1.29. The number of hydrogen-bond acceptors (Lipinski definition) is 1. The highest BCUT2D eigenvalue weighted by Gasteiger charge is 2.07. The van der Waals surface area contributed by atoms with Crippen molar-refractivity contribution < 1.29 is 9.18 Å². The zero-order valence-electron chi connectivity index (χ0n) is 3.42. The SMILES string of the molecule is O=C(Cl)C(F)=C(Cl)Cl. The molecule has 0 saturated heterocycles. The van der Waals surface area contributed by atoms with Crippen LogP contribution in [0, 0.1) is 0 Å². The van der Waals surface area contributed by atoms with Crippen LogP contribution in [0.1, 0.15) is 0 Å². The Morgan fingerprint density at radius 2 is 1.62 bits per heavy atom. The van der Waals surface area contributed by atoms with Gasteiger partial charge >= 0.3 is 0 Å². The second-order valence-electron chi connectivity index (χ2n) is 0.848. The quantitative estimate of drug-likeness (QED) is 0.444. The minimum absolute atomic E-state index is 0.745. The summed E-state index contributed by atoms with van der Waals surface area (Å²) in [4.78, 5) is 9.75. The maximum absolute atomic E-state index is 11.8. The normalized spacial score (nSPS) is 8.50. The second kappa shape index (κ2) is 3.28. The van der Waals surface area contributed by atoms with Crippen molar-refractivity contribution >= 4 is 40.0 Å². The van der Waals surface area contributed by atoms with Crippen molar-refractivity contribution in [2.24, 2.45) is 0 Å². The van der Waals surface area contributed by atoms with E-state index in [4.69, 9.17) is 23.2 Å². The lowest BCUT2D eigenvalue weighted by Crippen LogP contribution is -1.84. The topological polar surface area (TPSA) is 17.1 Å². The molecule has 0 rings (SSSR count). The Morgan fingerprint density at radius 1 is 1.25 bits per heavy atom. The molecule has 0 spiro atoms. The van der Waals surface area contributed by atoms with Crippen LogP contribution in [0.3, 0.4) is 0 Å². The summed E-state index contributed by atoms with van der Waals surface area (Å²) in [5.41, 5.74) is 0. The van der Waals surface area contributed by atoms with Crippen LogP contribution in [0.4, 0.5) is 4.39 Å². The predicted molar refractivity (Wildman–Crippen MR) is 30.7 cm³/mol. The molecule has 0 amide bonds. The van der Waals surface area contributed by atoms with Crippen molar-refractivity contribution in [2.45, 2.75) is 0 Å². The van der Waals surface area contributed by atoms with Crippen LogP contribution in [-0.4, -0.2) is 5.24 Å². The predicted octanol–water partition coefficient (Wildman–Crippen LogP) is 2.37. The molecule has 0 aliphatic heterocycles. The van der Waals surface area contributed by atoms with Crippen LogP contribution in [0.25, 0.3) is 0 Å². The van der Waals surface area contributed by atoms with E-state index in [9.17, 15) is 9.18 Å². The van der Waals surface area contributed by atoms with Gasteiger partial charge < -0.3 is 0 Å². The van der Waals surface area contributed by atoms with Gasteiger partial charge in [0.25, 0.3) is 5.24 Å². The van der Waals surface area contributed by atoms with Gasteiger partial charge in [-0.15, -0.1) is 0 Å². The maximum atomic E-state index is 11.8. The van der Waals surface area contributed by atoms with Crippen LogP contribution >= 0.6 is 34.8 Å². The highest BCUT2D eigenvalue weighted by atomic mass is 35.5. The maximum Gasteiger partial charge on any atom is 0.283 e. The molecule has 0 saturated carbocycles. The molecule has 0 aliphatic rings. The molecule has 0 atom stereocenters. The monoisotopic (exact) mass is 176 g/mol. The standard InChI is InChI=1S/C3Cl3FO/c4-2(5)1(7)3(6)8. The first-order valence-electron chi connectivity index (χ1n) is 1.46. The smallest absolute Gasteiger partial charge is 0.273 e. The summed E-state index contributed by atoms with van der Waals surface area (Å²) in [6, 6.07) is 0. The molecule has 0 aromatic heterocycles. The zero-order chi connectivity index (χ0) is 6.73. The number of carbonyl (C=O) groups excluding carboxylic acids is 1. The molecule has 5 heteroatoms. The minimum Gasteiger partial charge on any atom is -0.273 e. The van der Waals surface area contributed by atoms with Gasteiger partial charge in [0.2, 0.25) is 5.83 Å². The summed E-state index contributed by atoms with van der Waals surface area (Å²) < 4.78 is 11.0. The van der Waals surface area contributed by atoms with Crippen molar-refractivity contribution in [3.63, 3.8) is 0 Å². The van der Waals surface area contributed by atoms with Crippen molar-refractivity contribution in [3.05, 3.63) is 10.3 Å². The van der Waals surface area contributed by atoms with E-state index >= 15 is 0 Å². The van der Waals surface area contributed by atoms with Crippen LogP contribution in [0.5, 0.6) is 0 Å². The molecule has 0 N–H and O–H groups in total. The van der Waals surface area contributed by atoms with E-state index in [0.29, 0.717) is 0 Å². The number of allylic oxidation sites excluding steroid dienone is 1. The summed E-state index contributed by atoms with van der Waals surface area (Å²) in [7, 11) is 0. The van der Waals surface area contributed by atoms with E-state index in [1.807, 2.05) is 0 Å². The van der Waals surface area contributed by atoms with E-state index in [1.165, 1.54) is 0 Å². The Balaban J connectivity index is 4.23. The van der Waals surface area contributed by atoms with Crippen LogP contribution < -0.4 is 0 Å². The van der Waals surface area contributed by atoms with Crippen molar-refractivity contribution in [3.8, 4) is 0 Å². The lowest BCUT2D eigenvalue weighted by atomic mass is 10.7. The first kappa shape index (κ1) is 8.21.